The molecule has 0 aliphatic carbocycles. The standard InChI is InChI=1S/C17H23N3O5S/c1-11-5-4-6-12(9-11)15(22)19-13(7-8-26-3)16(23)25-10-14(21)20-17(24)18-2/h4-6,9,13H,7-8,10H2,1-3H3,(H,19,22)(H2,18,20,21,24)/t13-/m1/s1. The maximum absolute atomic E-state index is 12.3. The maximum atomic E-state index is 12.3. The van der Waals surface area contributed by atoms with E-state index in [2.05, 4.69) is 10.6 Å². The lowest BCUT2D eigenvalue weighted by Crippen LogP contribution is -2.44. The van der Waals surface area contributed by atoms with Gasteiger partial charge in [0.25, 0.3) is 11.8 Å². The molecule has 1 rings (SSSR count). The Morgan fingerprint density at radius 3 is 2.58 bits per heavy atom. The molecule has 0 spiro atoms. The zero-order valence-corrected chi connectivity index (χ0v) is 15.8. The highest BCUT2D eigenvalue weighted by molar-refractivity contribution is 7.98. The van der Waals surface area contributed by atoms with Gasteiger partial charge < -0.3 is 15.4 Å². The van der Waals surface area contributed by atoms with Crippen molar-refractivity contribution in [2.75, 3.05) is 25.7 Å². The van der Waals surface area contributed by atoms with Crippen LogP contribution >= 0.6 is 11.8 Å². The Morgan fingerprint density at radius 2 is 1.96 bits per heavy atom. The molecule has 0 fully saturated rings. The largest absolute Gasteiger partial charge is 0.454 e. The number of amides is 4. The molecule has 26 heavy (non-hydrogen) atoms. The molecule has 0 saturated heterocycles. The molecule has 0 aliphatic heterocycles. The minimum atomic E-state index is -0.886. The molecule has 0 bridgehead atoms. The van der Waals surface area contributed by atoms with Crippen LogP contribution in [-0.2, 0) is 14.3 Å². The third kappa shape index (κ3) is 7.56. The monoisotopic (exact) mass is 381 g/mol. The lowest BCUT2D eigenvalue weighted by atomic mass is 10.1. The average molecular weight is 381 g/mol. The molecule has 1 atom stereocenters. The first-order valence-electron chi connectivity index (χ1n) is 7.92. The van der Waals surface area contributed by atoms with Gasteiger partial charge in [-0.2, -0.15) is 11.8 Å². The minimum absolute atomic E-state index is 0.356. The van der Waals surface area contributed by atoms with Gasteiger partial charge >= 0.3 is 12.0 Å². The van der Waals surface area contributed by atoms with E-state index >= 15 is 0 Å². The van der Waals surface area contributed by atoms with Crippen molar-refractivity contribution < 1.29 is 23.9 Å². The first-order chi connectivity index (χ1) is 12.4. The molecule has 0 aromatic heterocycles. The molecule has 9 heteroatoms. The Morgan fingerprint density at radius 1 is 1.23 bits per heavy atom. The fourth-order valence-electron chi connectivity index (χ4n) is 1.98. The van der Waals surface area contributed by atoms with Gasteiger partial charge in [-0.05, 0) is 37.5 Å². The minimum Gasteiger partial charge on any atom is -0.454 e. The predicted octanol–water partition coefficient (Wildman–Crippen LogP) is 0.845. The molecule has 0 radical (unpaired) electrons. The van der Waals surface area contributed by atoms with Crippen LogP contribution in [0.4, 0.5) is 4.79 Å². The van der Waals surface area contributed by atoms with Gasteiger partial charge in [-0.25, -0.2) is 9.59 Å². The maximum Gasteiger partial charge on any atom is 0.329 e. The van der Waals surface area contributed by atoms with Crippen molar-refractivity contribution in [2.24, 2.45) is 0 Å². The van der Waals surface area contributed by atoms with Crippen molar-refractivity contribution in [2.45, 2.75) is 19.4 Å². The van der Waals surface area contributed by atoms with Crippen LogP contribution in [0.1, 0.15) is 22.3 Å². The van der Waals surface area contributed by atoms with Crippen LogP contribution in [0.2, 0.25) is 0 Å². The van der Waals surface area contributed by atoms with E-state index in [0.29, 0.717) is 17.7 Å². The highest BCUT2D eigenvalue weighted by atomic mass is 32.2. The van der Waals surface area contributed by atoms with Gasteiger partial charge in [-0.15, -0.1) is 0 Å². The SMILES string of the molecule is CNC(=O)NC(=O)COC(=O)[C@@H](CCSC)NC(=O)c1cccc(C)c1. The number of urea groups is 1. The van der Waals surface area contributed by atoms with Crippen LogP contribution in [0.3, 0.4) is 0 Å². The van der Waals surface area contributed by atoms with E-state index in [4.69, 9.17) is 4.74 Å². The van der Waals surface area contributed by atoms with Crippen molar-refractivity contribution in [1.82, 2.24) is 16.0 Å². The molecule has 4 amide bonds. The van der Waals surface area contributed by atoms with Crippen molar-refractivity contribution in [3.8, 4) is 0 Å². The summed E-state index contributed by atoms with van der Waals surface area (Å²) in [6, 6.07) is 5.39. The number of imide groups is 1. The summed E-state index contributed by atoms with van der Waals surface area (Å²) >= 11 is 1.52. The van der Waals surface area contributed by atoms with Crippen molar-refractivity contribution in [3.05, 3.63) is 35.4 Å². The summed E-state index contributed by atoms with van der Waals surface area (Å²) in [6.45, 7) is 1.25. The first-order valence-corrected chi connectivity index (χ1v) is 9.31. The highest BCUT2D eigenvalue weighted by Gasteiger charge is 2.23. The van der Waals surface area contributed by atoms with Gasteiger partial charge in [0.1, 0.15) is 6.04 Å². The average Bonchev–Trinajstić information content (AvgIpc) is 2.62. The fourth-order valence-corrected chi connectivity index (χ4v) is 2.45. The van der Waals surface area contributed by atoms with E-state index in [9.17, 15) is 19.2 Å². The first kappa shape index (κ1) is 21.5. The Hall–Kier alpha value is -2.55. The summed E-state index contributed by atoms with van der Waals surface area (Å²) in [7, 11) is 1.36. The smallest absolute Gasteiger partial charge is 0.329 e. The Balaban J connectivity index is 2.66. The summed E-state index contributed by atoms with van der Waals surface area (Å²) in [5, 5.41) is 6.83. The highest BCUT2D eigenvalue weighted by Crippen LogP contribution is 2.07. The van der Waals surface area contributed by atoms with Crippen LogP contribution in [0.25, 0.3) is 0 Å². The second-order valence-electron chi connectivity index (χ2n) is 5.41. The van der Waals surface area contributed by atoms with Crippen LogP contribution in [0.15, 0.2) is 24.3 Å². The summed E-state index contributed by atoms with van der Waals surface area (Å²) in [4.78, 5) is 47.1. The number of carbonyl (C=O) groups excluding carboxylic acids is 4. The van der Waals surface area contributed by atoms with Gasteiger partial charge in [0, 0.05) is 12.6 Å². The van der Waals surface area contributed by atoms with E-state index in [1.807, 2.05) is 24.6 Å². The number of rotatable bonds is 8. The van der Waals surface area contributed by atoms with Crippen molar-refractivity contribution in [1.29, 1.82) is 0 Å². The van der Waals surface area contributed by atoms with Gasteiger partial charge in [0.2, 0.25) is 0 Å². The molecule has 3 N–H and O–H groups in total. The van der Waals surface area contributed by atoms with E-state index in [0.717, 1.165) is 5.56 Å². The Kier molecular flexibility index (Phi) is 9.21. The predicted molar refractivity (Wildman–Crippen MR) is 99.0 cm³/mol. The van der Waals surface area contributed by atoms with Gasteiger partial charge in [-0.3, -0.25) is 14.9 Å². The zero-order valence-electron chi connectivity index (χ0n) is 15.0. The summed E-state index contributed by atoms with van der Waals surface area (Å²) in [5.74, 6) is -1.26. The van der Waals surface area contributed by atoms with Gasteiger partial charge in [0.15, 0.2) is 6.61 Å². The number of carbonyl (C=O) groups is 4. The van der Waals surface area contributed by atoms with Crippen LogP contribution in [0.5, 0.6) is 0 Å². The molecule has 0 aliphatic rings. The second kappa shape index (κ2) is 11.1. The Labute approximate surface area is 156 Å². The molecule has 0 saturated carbocycles. The molecule has 0 unspecified atom stereocenters. The van der Waals surface area contributed by atoms with E-state index in [1.165, 1.54) is 18.8 Å². The quantitative estimate of drug-likeness (QED) is 0.575. The summed E-state index contributed by atoms with van der Waals surface area (Å²) < 4.78 is 4.91. The lowest BCUT2D eigenvalue weighted by molar-refractivity contribution is -0.150. The molecular formula is C17H23N3O5S. The van der Waals surface area contributed by atoms with Gasteiger partial charge in [0.05, 0.1) is 0 Å². The summed E-state index contributed by atoms with van der Waals surface area (Å²) in [5.41, 5.74) is 1.36. The normalized spacial score (nSPS) is 11.2. The van der Waals surface area contributed by atoms with Crippen molar-refractivity contribution >= 4 is 35.6 Å². The molecule has 1 aromatic rings. The number of hydrogen-bond acceptors (Lipinski definition) is 6. The number of thioether (sulfide) groups is 1. The molecule has 142 valence electrons. The number of benzene rings is 1. The van der Waals surface area contributed by atoms with E-state index < -0.39 is 36.5 Å². The molecule has 0 heterocycles. The van der Waals surface area contributed by atoms with E-state index in [1.54, 1.807) is 18.2 Å². The molecule has 1 aromatic carbocycles. The van der Waals surface area contributed by atoms with Crippen LogP contribution < -0.4 is 16.0 Å². The number of aryl methyl sites for hydroxylation is 1. The number of hydrogen-bond donors (Lipinski definition) is 3. The number of esters is 1. The topological polar surface area (TPSA) is 114 Å². The third-order valence-corrected chi connectivity index (χ3v) is 3.95. The van der Waals surface area contributed by atoms with Crippen molar-refractivity contribution in [3.63, 3.8) is 0 Å². The van der Waals surface area contributed by atoms with Crippen LogP contribution in [0, 0.1) is 6.92 Å². The van der Waals surface area contributed by atoms with Gasteiger partial charge in [-0.1, -0.05) is 17.7 Å². The Bertz CT molecular complexity index is 666. The molecule has 8 nitrogen and oxygen atoms in total. The molecular weight excluding hydrogens is 358 g/mol. The fraction of sp³-hybridized carbons (Fsp3) is 0.412. The lowest BCUT2D eigenvalue weighted by Gasteiger charge is -2.17. The number of ether oxygens (including phenoxy) is 1. The zero-order chi connectivity index (χ0) is 19.5. The van der Waals surface area contributed by atoms with Crippen LogP contribution in [-0.4, -0.2) is 55.5 Å². The second-order valence-corrected chi connectivity index (χ2v) is 6.40. The van der Waals surface area contributed by atoms with E-state index in [-0.39, 0.29) is 0 Å². The third-order valence-electron chi connectivity index (χ3n) is 3.31. The summed E-state index contributed by atoms with van der Waals surface area (Å²) in [6.07, 6.45) is 2.23. The number of nitrogens with one attached hydrogen (secondary N) is 3.